The SMILES string of the molecule is COc1cc(C(=O)N2C[C@H](F)C[C@@H](CC(=O)OC(C)(C)C)C2)cc2nc(-c3cc4ccccc4n3CC3CC3)n(CC3CN(C(=O)OCc4ccccc4)C3)c12. The second-order valence-electron chi connectivity index (χ2n) is 16.7. The number of methoxy groups -OCH3 is 1. The van der Waals surface area contributed by atoms with Crippen molar-refractivity contribution in [3.63, 3.8) is 0 Å². The van der Waals surface area contributed by atoms with E-state index in [1.165, 1.54) is 17.7 Å². The highest BCUT2D eigenvalue weighted by Gasteiger charge is 2.36. The molecule has 2 atom stereocenters. The van der Waals surface area contributed by atoms with Gasteiger partial charge >= 0.3 is 12.1 Å². The zero-order valence-electron chi connectivity index (χ0n) is 32.6. The number of aromatic nitrogens is 3. The lowest BCUT2D eigenvalue weighted by Gasteiger charge is -2.38. The molecule has 12 heteroatoms. The maximum atomic E-state index is 15.1. The number of piperidine rings is 1. The normalized spacial score (nSPS) is 18.9. The van der Waals surface area contributed by atoms with Crippen molar-refractivity contribution < 1.29 is 33.0 Å². The number of ether oxygens (including phenoxy) is 3. The molecule has 0 spiro atoms. The van der Waals surface area contributed by atoms with Crippen molar-refractivity contribution in [3.8, 4) is 17.3 Å². The molecule has 1 aliphatic carbocycles. The summed E-state index contributed by atoms with van der Waals surface area (Å²) in [5.41, 5.74) is 4.07. The van der Waals surface area contributed by atoms with Crippen LogP contribution in [0.25, 0.3) is 33.5 Å². The Hall–Kier alpha value is -5.39. The van der Waals surface area contributed by atoms with Crippen LogP contribution in [0.1, 0.15) is 62.4 Å². The first-order valence-corrected chi connectivity index (χ1v) is 19.7. The number of alkyl halides is 1. The van der Waals surface area contributed by atoms with Gasteiger partial charge in [-0.3, -0.25) is 9.59 Å². The molecule has 0 radical (unpaired) electrons. The van der Waals surface area contributed by atoms with E-state index >= 15 is 4.39 Å². The summed E-state index contributed by atoms with van der Waals surface area (Å²) in [4.78, 5) is 48.2. The predicted molar refractivity (Wildman–Crippen MR) is 211 cm³/mol. The number of benzene rings is 3. The van der Waals surface area contributed by atoms with Gasteiger partial charge in [0.1, 0.15) is 29.6 Å². The van der Waals surface area contributed by atoms with Crippen LogP contribution in [0.5, 0.6) is 5.75 Å². The summed E-state index contributed by atoms with van der Waals surface area (Å²) in [6.45, 7) is 8.29. The quantitative estimate of drug-likeness (QED) is 0.126. The summed E-state index contributed by atoms with van der Waals surface area (Å²) in [6, 6.07) is 23.7. The van der Waals surface area contributed by atoms with Gasteiger partial charge in [-0.25, -0.2) is 14.2 Å². The average molecular weight is 764 g/mol. The van der Waals surface area contributed by atoms with Crippen LogP contribution in [0.4, 0.5) is 9.18 Å². The van der Waals surface area contributed by atoms with Gasteiger partial charge in [-0.15, -0.1) is 0 Å². The molecule has 56 heavy (non-hydrogen) atoms. The van der Waals surface area contributed by atoms with Crippen molar-refractivity contribution in [2.75, 3.05) is 33.3 Å². The standard InChI is InChI=1S/C44H50FN5O6/c1-44(2,3)56-39(51)17-30-16-34(45)26-47(21-30)42(52)33-18-35-40(38(20-33)54-4)50(25-31-22-48(23-31)43(53)55-27-29-10-6-5-7-11-29)41(46-35)37-19-32-12-8-9-13-36(32)49(37)24-28-14-15-28/h5-13,18-20,28,30-31,34H,14-17,21-27H2,1-4H3/t30-,34+/m0/s1. The minimum Gasteiger partial charge on any atom is -0.494 e. The summed E-state index contributed by atoms with van der Waals surface area (Å²) >= 11 is 0. The first kappa shape index (κ1) is 37.5. The third kappa shape index (κ3) is 8.10. The van der Waals surface area contributed by atoms with Crippen molar-refractivity contribution in [3.05, 3.63) is 83.9 Å². The van der Waals surface area contributed by atoms with Gasteiger partial charge < -0.3 is 33.1 Å². The molecule has 2 amide bonds. The Balaban J connectivity index is 1.10. The number of esters is 1. The molecule has 3 aliphatic rings. The Morgan fingerprint density at radius 1 is 0.839 bits per heavy atom. The zero-order chi connectivity index (χ0) is 39.1. The first-order valence-electron chi connectivity index (χ1n) is 19.7. The number of hydrogen-bond donors (Lipinski definition) is 0. The molecule has 0 N–H and O–H groups in total. The Morgan fingerprint density at radius 2 is 1.55 bits per heavy atom. The summed E-state index contributed by atoms with van der Waals surface area (Å²) in [5.74, 6) is 0.856. The zero-order valence-corrected chi connectivity index (χ0v) is 32.6. The molecule has 294 valence electrons. The fraction of sp³-hybridized carbons (Fsp3) is 0.455. The van der Waals surface area contributed by atoms with Crippen LogP contribution in [0.15, 0.2) is 72.8 Å². The lowest BCUT2D eigenvalue weighted by molar-refractivity contribution is -0.156. The number of para-hydroxylation sites is 1. The molecule has 11 nitrogen and oxygen atoms in total. The lowest BCUT2D eigenvalue weighted by atomic mass is 9.93. The van der Waals surface area contributed by atoms with E-state index in [0.29, 0.717) is 42.4 Å². The van der Waals surface area contributed by atoms with Crippen LogP contribution >= 0.6 is 0 Å². The predicted octanol–water partition coefficient (Wildman–Crippen LogP) is 7.88. The van der Waals surface area contributed by atoms with Gasteiger partial charge in [0, 0.05) is 55.1 Å². The molecule has 4 heterocycles. The second kappa shape index (κ2) is 15.3. The number of likely N-dealkylation sites (tertiary alicyclic amines) is 2. The summed E-state index contributed by atoms with van der Waals surface area (Å²) < 4.78 is 36.8. The highest BCUT2D eigenvalue weighted by atomic mass is 19.1. The number of imidazole rings is 1. The molecule has 5 aromatic rings. The van der Waals surface area contributed by atoms with Crippen LogP contribution in [0, 0.1) is 17.8 Å². The summed E-state index contributed by atoms with van der Waals surface area (Å²) in [5, 5.41) is 1.12. The molecule has 8 rings (SSSR count). The molecule has 1 saturated carbocycles. The molecule has 0 unspecified atom stereocenters. The Kier molecular flexibility index (Phi) is 10.2. The minimum absolute atomic E-state index is 0.0375. The number of hydrogen-bond acceptors (Lipinski definition) is 7. The topological polar surface area (TPSA) is 108 Å². The monoisotopic (exact) mass is 763 g/mol. The van der Waals surface area contributed by atoms with Crippen molar-refractivity contribution in [1.82, 2.24) is 23.9 Å². The smallest absolute Gasteiger partial charge is 0.410 e. The number of nitrogens with zero attached hydrogens (tertiary/aromatic N) is 5. The number of carbonyl (C=O) groups excluding carboxylic acids is 3. The van der Waals surface area contributed by atoms with Crippen molar-refractivity contribution >= 4 is 39.9 Å². The molecule has 3 aromatic carbocycles. The van der Waals surface area contributed by atoms with Gasteiger partial charge in [0.05, 0.1) is 31.3 Å². The van der Waals surface area contributed by atoms with Crippen LogP contribution in [0.2, 0.25) is 0 Å². The third-order valence-electron chi connectivity index (χ3n) is 11.0. The summed E-state index contributed by atoms with van der Waals surface area (Å²) in [7, 11) is 1.58. The van der Waals surface area contributed by atoms with Crippen LogP contribution in [-0.4, -0.2) is 86.9 Å². The summed E-state index contributed by atoms with van der Waals surface area (Å²) in [6.07, 6.45) is 1.01. The molecule has 3 fully saturated rings. The lowest BCUT2D eigenvalue weighted by Crippen LogP contribution is -2.51. The Labute approximate surface area is 326 Å². The van der Waals surface area contributed by atoms with E-state index in [1.807, 2.05) is 36.4 Å². The van der Waals surface area contributed by atoms with Crippen molar-refractivity contribution in [2.45, 2.75) is 77.9 Å². The van der Waals surface area contributed by atoms with Gasteiger partial charge in [0.2, 0.25) is 0 Å². The highest BCUT2D eigenvalue weighted by molar-refractivity contribution is 6.00. The van der Waals surface area contributed by atoms with Gasteiger partial charge in [0.25, 0.3) is 5.91 Å². The van der Waals surface area contributed by atoms with Gasteiger partial charge in [-0.05, 0) is 81.7 Å². The maximum absolute atomic E-state index is 15.1. The first-order chi connectivity index (χ1) is 26.9. The Morgan fingerprint density at radius 3 is 2.29 bits per heavy atom. The van der Waals surface area contributed by atoms with Crippen molar-refractivity contribution in [2.24, 2.45) is 17.8 Å². The fourth-order valence-electron chi connectivity index (χ4n) is 8.19. The fourth-order valence-corrected chi connectivity index (χ4v) is 8.19. The molecular formula is C44H50FN5O6. The number of fused-ring (bicyclic) bond motifs is 2. The number of halogens is 1. The van der Waals surface area contributed by atoms with E-state index in [0.717, 1.165) is 40.0 Å². The van der Waals surface area contributed by atoms with E-state index in [9.17, 15) is 14.4 Å². The van der Waals surface area contributed by atoms with Crippen LogP contribution < -0.4 is 4.74 Å². The van der Waals surface area contributed by atoms with E-state index in [-0.39, 0.29) is 56.4 Å². The molecule has 2 saturated heterocycles. The maximum Gasteiger partial charge on any atom is 0.410 e. The number of rotatable bonds is 11. The van der Waals surface area contributed by atoms with E-state index in [1.54, 1.807) is 44.9 Å². The van der Waals surface area contributed by atoms with Crippen molar-refractivity contribution in [1.29, 1.82) is 0 Å². The average Bonchev–Trinajstić information content (AvgIpc) is 3.80. The van der Waals surface area contributed by atoms with Gasteiger partial charge in [-0.1, -0.05) is 48.5 Å². The van der Waals surface area contributed by atoms with Crippen LogP contribution in [0.3, 0.4) is 0 Å². The van der Waals surface area contributed by atoms with E-state index in [2.05, 4.69) is 33.4 Å². The van der Waals surface area contributed by atoms with Crippen LogP contribution in [-0.2, 0) is 34.0 Å². The minimum atomic E-state index is -1.26. The largest absolute Gasteiger partial charge is 0.494 e. The molecule has 2 aliphatic heterocycles. The third-order valence-corrected chi connectivity index (χ3v) is 11.0. The second-order valence-corrected chi connectivity index (χ2v) is 16.7. The number of carbonyl (C=O) groups is 3. The Bertz CT molecular complexity index is 2250. The highest BCUT2D eigenvalue weighted by Crippen LogP contribution is 2.39. The molecule has 2 aromatic heterocycles. The van der Waals surface area contributed by atoms with Gasteiger partial charge in [0.15, 0.2) is 5.82 Å². The number of amides is 2. The molecule has 0 bridgehead atoms. The molecular weight excluding hydrogens is 714 g/mol. The van der Waals surface area contributed by atoms with E-state index < -0.39 is 17.7 Å². The van der Waals surface area contributed by atoms with E-state index in [4.69, 9.17) is 19.2 Å². The van der Waals surface area contributed by atoms with Gasteiger partial charge in [-0.2, -0.15) is 0 Å².